The van der Waals surface area contributed by atoms with E-state index in [1.807, 2.05) is 6.92 Å². The Morgan fingerprint density at radius 1 is 1.17 bits per heavy atom. The van der Waals surface area contributed by atoms with Gasteiger partial charge in [0.05, 0.1) is 36.3 Å². The number of carbonyl (C=O) groups is 2. The molecule has 0 aliphatic heterocycles. The first kappa shape index (κ1) is 21.1. The Morgan fingerprint density at radius 2 is 1.90 bits per heavy atom. The fourth-order valence-corrected chi connectivity index (χ4v) is 3.87. The molecular formula is C20H18N2O7S. The Hall–Kier alpha value is -3.66. The maximum absolute atomic E-state index is 12.7. The lowest BCUT2D eigenvalue weighted by Gasteiger charge is -2.05. The lowest BCUT2D eigenvalue weighted by molar-refractivity contribution is -0.384. The van der Waals surface area contributed by atoms with E-state index in [1.54, 1.807) is 13.0 Å². The van der Waals surface area contributed by atoms with Crippen molar-refractivity contribution in [2.45, 2.75) is 13.8 Å². The third-order valence-electron chi connectivity index (χ3n) is 4.50. The second-order valence-corrected chi connectivity index (χ2v) is 7.46. The first-order chi connectivity index (χ1) is 14.3. The van der Waals surface area contributed by atoms with Crippen LogP contribution in [0.15, 0.2) is 34.7 Å². The monoisotopic (exact) mass is 430 g/mol. The molecule has 0 radical (unpaired) electrons. The SMILES string of the molecule is COC(=O)c1c(NC(=O)c2ccc(-c3ccc(OC)cc3[N+](=O)[O-])o2)sc(C)c1C. The average Bonchev–Trinajstić information content (AvgIpc) is 3.32. The normalized spacial score (nSPS) is 10.5. The number of amides is 1. The molecule has 1 amide bonds. The quantitative estimate of drug-likeness (QED) is 0.345. The van der Waals surface area contributed by atoms with Crippen LogP contribution in [0.5, 0.6) is 5.75 Å². The molecule has 2 heterocycles. The van der Waals surface area contributed by atoms with E-state index in [1.165, 1.54) is 49.8 Å². The smallest absolute Gasteiger partial charge is 0.341 e. The zero-order valence-corrected chi connectivity index (χ0v) is 17.4. The van der Waals surface area contributed by atoms with E-state index in [4.69, 9.17) is 13.9 Å². The number of thiophene rings is 1. The largest absolute Gasteiger partial charge is 0.497 e. The van der Waals surface area contributed by atoms with Crippen LogP contribution in [0.4, 0.5) is 10.7 Å². The number of rotatable bonds is 6. The molecule has 0 bridgehead atoms. The Bertz CT molecular complexity index is 1150. The van der Waals surface area contributed by atoms with Crippen LogP contribution in [0.1, 0.15) is 31.4 Å². The molecule has 1 aromatic carbocycles. The fraction of sp³-hybridized carbons (Fsp3) is 0.200. The summed E-state index contributed by atoms with van der Waals surface area (Å²) in [6.07, 6.45) is 0. The predicted molar refractivity (Wildman–Crippen MR) is 110 cm³/mol. The van der Waals surface area contributed by atoms with Gasteiger partial charge in [0.1, 0.15) is 16.5 Å². The first-order valence-electron chi connectivity index (χ1n) is 8.69. The van der Waals surface area contributed by atoms with Gasteiger partial charge in [-0.15, -0.1) is 11.3 Å². The van der Waals surface area contributed by atoms with Crippen LogP contribution in [0, 0.1) is 24.0 Å². The standard InChI is InChI=1S/C20H18N2O7S/c1-10-11(2)30-19(17(10)20(24)28-4)21-18(23)16-8-7-15(29-16)13-6-5-12(27-3)9-14(13)22(25)26/h5-9H,1-4H3,(H,21,23). The topological polar surface area (TPSA) is 121 Å². The molecule has 2 aromatic heterocycles. The van der Waals surface area contributed by atoms with Gasteiger partial charge in [-0.1, -0.05) is 0 Å². The number of ether oxygens (including phenoxy) is 2. The first-order valence-corrected chi connectivity index (χ1v) is 9.50. The van der Waals surface area contributed by atoms with Gasteiger partial charge in [-0.25, -0.2) is 4.79 Å². The Kier molecular flexibility index (Phi) is 5.88. The summed E-state index contributed by atoms with van der Waals surface area (Å²) in [5.74, 6) is -0.727. The number of methoxy groups -OCH3 is 2. The van der Waals surface area contributed by atoms with Crippen LogP contribution >= 0.6 is 11.3 Å². The third kappa shape index (κ3) is 3.90. The second kappa shape index (κ2) is 8.37. The highest BCUT2D eigenvalue weighted by atomic mass is 32.1. The Morgan fingerprint density at radius 3 is 2.53 bits per heavy atom. The van der Waals surface area contributed by atoms with Crippen LogP contribution in [-0.4, -0.2) is 31.0 Å². The van der Waals surface area contributed by atoms with Crippen LogP contribution < -0.4 is 10.1 Å². The minimum absolute atomic E-state index is 0.0605. The summed E-state index contributed by atoms with van der Waals surface area (Å²) in [6.45, 7) is 3.59. The number of nitrogens with one attached hydrogen (secondary N) is 1. The van der Waals surface area contributed by atoms with Crippen molar-refractivity contribution in [2.75, 3.05) is 19.5 Å². The number of hydrogen-bond donors (Lipinski definition) is 1. The lowest BCUT2D eigenvalue weighted by atomic mass is 10.1. The number of furan rings is 1. The molecule has 1 N–H and O–H groups in total. The van der Waals surface area contributed by atoms with Gasteiger partial charge in [0, 0.05) is 4.88 Å². The van der Waals surface area contributed by atoms with E-state index in [0.717, 1.165) is 10.4 Å². The number of nitro groups is 1. The number of aryl methyl sites for hydroxylation is 1. The van der Waals surface area contributed by atoms with Crippen LogP contribution in [0.2, 0.25) is 0 Å². The number of benzene rings is 1. The zero-order valence-electron chi connectivity index (χ0n) is 16.6. The van der Waals surface area contributed by atoms with Gasteiger partial charge in [0.25, 0.3) is 11.6 Å². The molecule has 0 aliphatic carbocycles. The summed E-state index contributed by atoms with van der Waals surface area (Å²) < 4.78 is 15.4. The molecule has 0 unspecified atom stereocenters. The number of anilines is 1. The minimum Gasteiger partial charge on any atom is -0.497 e. The van der Waals surface area contributed by atoms with E-state index in [-0.39, 0.29) is 28.3 Å². The van der Waals surface area contributed by atoms with Crippen LogP contribution in [0.3, 0.4) is 0 Å². The van der Waals surface area contributed by atoms with Gasteiger partial charge in [-0.2, -0.15) is 0 Å². The molecule has 0 atom stereocenters. The van der Waals surface area contributed by atoms with Crippen molar-refractivity contribution >= 4 is 33.9 Å². The highest BCUT2D eigenvalue weighted by Crippen LogP contribution is 2.36. The maximum Gasteiger partial charge on any atom is 0.341 e. The van der Waals surface area contributed by atoms with Gasteiger partial charge < -0.3 is 19.2 Å². The van der Waals surface area contributed by atoms with Crippen LogP contribution in [-0.2, 0) is 4.74 Å². The van der Waals surface area contributed by atoms with E-state index in [2.05, 4.69) is 5.32 Å². The molecule has 0 saturated carbocycles. The van der Waals surface area contributed by atoms with Crippen molar-refractivity contribution in [3.05, 3.63) is 62.2 Å². The summed E-state index contributed by atoms with van der Waals surface area (Å²) in [4.78, 5) is 36.4. The van der Waals surface area contributed by atoms with Gasteiger partial charge in [-0.05, 0) is 43.7 Å². The molecule has 3 rings (SSSR count). The summed E-state index contributed by atoms with van der Waals surface area (Å²) in [5.41, 5.74) is 0.994. The van der Waals surface area contributed by atoms with Crippen molar-refractivity contribution in [1.29, 1.82) is 0 Å². The number of carbonyl (C=O) groups excluding carboxylic acids is 2. The Balaban J connectivity index is 1.91. The predicted octanol–water partition coefficient (Wildman–Crippen LogP) is 4.58. The van der Waals surface area contributed by atoms with Gasteiger partial charge >= 0.3 is 5.97 Å². The summed E-state index contributed by atoms with van der Waals surface area (Å²) in [7, 11) is 2.67. The molecule has 156 valence electrons. The fourth-order valence-electron chi connectivity index (χ4n) is 2.83. The molecule has 0 aliphatic rings. The lowest BCUT2D eigenvalue weighted by Crippen LogP contribution is -2.13. The number of hydrogen-bond acceptors (Lipinski definition) is 8. The molecule has 0 spiro atoms. The van der Waals surface area contributed by atoms with Crippen molar-refractivity contribution in [3.63, 3.8) is 0 Å². The van der Waals surface area contributed by atoms with Crippen molar-refractivity contribution in [3.8, 4) is 17.1 Å². The molecule has 3 aromatic rings. The number of esters is 1. The van der Waals surface area contributed by atoms with Gasteiger partial charge in [0.15, 0.2) is 5.76 Å². The molecular weight excluding hydrogens is 412 g/mol. The van der Waals surface area contributed by atoms with E-state index < -0.39 is 16.8 Å². The van der Waals surface area contributed by atoms with Crippen molar-refractivity contribution < 1.29 is 28.4 Å². The third-order valence-corrected chi connectivity index (χ3v) is 5.62. The van der Waals surface area contributed by atoms with Gasteiger partial charge in [-0.3, -0.25) is 14.9 Å². The molecule has 9 nitrogen and oxygen atoms in total. The van der Waals surface area contributed by atoms with Crippen molar-refractivity contribution in [2.24, 2.45) is 0 Å². The highest BCUT2D eigenvalue weighted by Gasteiger charge is 2.24. The Labute approximate surface area is 175 Å². The van der Waals surface area contributed by atoms with E-state index in [9.17, 15) is 19.7 Å². The minimum atomic E-state index is -0.594. The summed E-state index contributed by atoms with van der Waals surface area (Å²) >= 11 is 1.24. The average molecular weight is 430 g/mol. The maximum atomic E-state index is 12.7. The van der Waals surface area contributed by atoms with Crippen molar-refractivity contribution in [1.82, 2.24) is 0 Å². The van der Waals surface area contributed by atoms with E-state index >= 15 is 0 Å². The molecule has 0 fully saturated rings. The molecule has 0 saturated heterocycles. The molecule has 10 heteroatoms. The second-order valence-electron chi connectivity index (χ2n) is 6.24. The summed E-state index contributed by atoms with van der Waals surface area (Å²) in [6, 6.07) is 7.19. The zero-order chi connectivity index (χ0) is 22.0. The van der Waals surface area contributed by atoms with Crippen LogP contribution in [0.25, 0.3) is 11.3 Å². The summed E-state index contributed by atoms with van der Waals surface area (Å²) in [5, 5.41) is 14.4. The molecule has 30 heavy (non-hydrogen) atoms. The van der Waals surface area contributed by atoms with Gasteiger partial charge in [0.2, 0.25) is 0 Å². The van der Waals surface area contributed by atoms with E-state index in [0.29, 0.717) is 10.8 Å². The highest BCUT2D eigenvalue weighted by molar-refractivity contribution is 7.16. The number of nitro benzene ring substituents is 1. The number of nitrogens with zero attached hydrogens (tertiary/aromatic N) is 1.